The van der Waals surface area contributed by atoms with Crippen LogP contribution in [0.2, 0.25) is 0 Å². The van der Waals surface area contributed by atoms with Crippen LogP contribution in [0.4, 0.5) is 0 Å². The lowest BCUT2D eigenvalue weighted by atomic mass is 9.95. The number of fused-ring (bicyclic) bond motifs is 1. The van der Waals surface area contributed by atoms with Crippen molar-refractivity contribution in [3.05, 3.63) is 47.5 Å². The molecule has 3 aliphatic heterocycles. The predicted molar refractivity (Wildman–Crippen MR) is 134 cm³/mol. The van der Waals surface area contributed by atoms with Crippen LogP contribution < -0.4 is 9.47 Å². The van der Waals surface area contributed by atoms with Crippen molar-refractivity contribution in [2.75, 3.05) is 6.61 Å². The Morgan fingerprint density at radius 3 is 2.27 bits per heavy atom. The van der Waals surface area contributed by atoms with E-state index in [1.807, 2.05) is 0 Å². The molecule has 3 unspecified atom stereocenters. The van der Waals surface area contributed by atoms with Crippen LogP contribution >= 0.6 is 0 Å². The van der Waals surface area contributed by atoms with Crippen LogP contribution in [0.3, 0.4) is 0 Å². The van der Waals surface area contributed by atoms with E-state index in [4.69, 9.17) is 23.7 Å². The van der Waals surface area contributed by atoms with Crippen LogP contribution in [-0.4, -0.2) is 115 Å². The zero-order chi connectivity index (χ0) is 29.6. The average molecular weight is 581 g/mol. The summed E-state index contributed by atoms with van der Waals surface area (Å²) in [6.07, 6.45) is -16.0. The molecular formula is C27H32O14. The Morgan fingerprint density at radius 1 is 0.878 bits per heavy atom. The maximum atomic E-state index is 12.9. The topological polar surface area (TPSA) is 225 Å². The van der Waals surface area contributed by atoms with Crippen molar-refractivity contribution in [2.45, 2.75) is 80.9 Å². The van der Waals surface area contributed by atoms with Gasteiger partial charge in [-0.3, -0.25) is 4.79 Å². The zero-order valence-electron chi connectivity index (χ0n) is 21.8. The van der Waals surface area contributed by atoms with E-state index in [1.165, 1.54) is 25.1 Å². The number of carbonyl (C=O) groups is 1. The lowest BCUT2D eigenvalue weighted by Crippen LogP contribution is -2.64. The first kappa shape index (κ1) is 29.4. The number of phenols is 2. The van der Waals surface area contributed by atoms with Crippen molar-refractivity contribution in [3.8, 4) is 23.0 Å². The van der Waals surface area contributed by atoms with Gasteiger partial charge in [0.05, 0.1) is 19.1 Å². The van der Waals surface area contributed by atoms with E-state index >= 15 is 0 Å². The SMILES string of the molecule is CC1O[C@@H](OC2[C@H](Oc3cc(O)c4c(c3)OC(c3ccc(O)cc3)CC4=O)O[C@H](CO)[C@@H](O)[C@@H]2O)[C@H](O)[C@H](O)[C@H]1O. The van der Waals surface area contributed by atoms with Gasteiger partial charge < -0.3 is 64.5 Å². The molecule has 2 aromatic rings. The van der Waals surface area contributed by atoms with Crippen molar-refractivity contribution in [3.63, 3.8) is 0 Å². The van der Waals surface area contributed by atoms with E-state index in [9.17, 15) is 45.6 Å². The largest absolute Gasteiger partial charge is 0.508 e. The molecule has 3 heterocycles. The number of phenolic OH excluding ortho intramolecular Hbond substituents is 2. The quantitative estimate of drug-likeness (QED) is 0.202. The monoisotopic (exact) mass is 580 g/mol. The summed E-state index contributed by atoms with van der Waals surface area (Å²) < 4.78 is 28.6. The second kappa shape index (κ2) is 11.7. The van der Waals surface area contributed by atoms with Gasteiger partial charge in [-0.15, -0.1) is 0 Å². The Bertz CT molecular complexity index is 1240. The Morgan fingerprint density at radius 2 is 1.59 bits per heavy atom. The van der Waals surface area contributed by atoms with E-state index in [1.54, 1.807) is 12.1 Å². The number of benzene rings is 2. The van der Waals surface area contributed by atoms with Gasteiger partial charge in [-0.1, -0.05) is 12.1 Å². The lowest BCUT2D eigenvalue weighted by Gasteiger charge is -2.45. The van der Waals surface area contributed by atoms with Crippen LogP contribution in [0.15, 0.2) is 36.4 Å². The maximum Gasteiger partial charge on any atom is 0.229 e. The minimum Gasteiger partial charge on any atom is -0.508 e. The standard InChI is InChI=1S/C27H32O14/c1-10-20(32)22(34)24(36)26(37-10)41-25-23(35)21(33)18(9-28)40-27(25)38-13-6-14(30)19-15(31)8-16(39-17(19)7-13)11-2-4-12(29)5-3-11/h2-7,10,16,18,20-30,32-36H,8-9H2,1H3/t10?,16?,18-,20+,21-,22-,23+,24-,25?,26+,27-/m1/s1. The molecule has 0 aliphatic carbocycles. The number of aliphatic hydroxyl groups excluding tert-OH is 6. The third-order valence-electron chi connectivity index (χ3n) is 7.42. The summed E-state index contributed by atoms with van der Waals surface area (Å²) in [4.78, 5) is 12.9. The minimum atomic E-state index is -1.75. The van der Waals surface area contributed by atoms with Gasteiger partial charge in [-0.05, 0) is 24.6 Å². The number of aliphatic hydroxyl groups is 6. The van der Waals surface area contributed by atoms with Gasteiger partial charge >= 0.3 is 0 Å². The highest BCUT2D eigenvalue weighted by Crippen LogP contribution is 2.43. The minimum absolute atomic E-state index is 0.0149. The van der Waals surface area contributed by atoms with Crippen molar-refractivity contribution >= 4 is 5.78 Å². The van der Waals surface area contributed by atoms with Gasteiger partial charge in [0.1, 0.15) is 71.3 Å². The number of hydrogen-bond donors (Lipinski definition) is 8. The number of Topliss-reactive ketones (excluding diaryl/α,β-unsaturated/α-hetero) is 1. The number of ketones is 1. The molecule has 0 spiro atoms. The fraction of sp³-hybridized carbons (Fsp3) is 0.519. The summed E-state index contributed by atoms with van der Waals surface area (Å²) in [7, 11) is 0. The van der Waals surface area contributed by atoms with Crippen LogP contribution in [0.25, 0.3) is 0 Å². The van der Waals surface area contributed by atoms with Gasteiger partial charge in [0, 0.05) is 12.1 Å². The normalized spacial score (nSPS) is 37.2. The van der Waals surface area contributed by atoms with Gasteiger partial charge in [0.15, 0.2) is 18.2 Å². The van der Waals surface area contributed by atoms with Gasteiger partial charge in [0.2, 0.25) is 6.29 Å². The third kappa shape index (κ3) is 5.70. The second-order valence-electron chi connectivity index (χ2n) is 10.2. The molecule has 0 bridgehead atoms. The van der Waals surface area contributed by atoms with Gasteiger partial charge in [0.25, 0.3) is 0 Å². The van der Waals surface area contributed by atoms with Crippen LogP contribution in [0.5, 0.6) is 23.0 Å². The van der Waals surface area contributed by atoms with Crippen LogP contribution in [0, 0.1) is 0 Å². The Balaban J connectivity index is 1.41. The van der Waals surface area contributed by atoms with Gasteiger partial charge in [-0.25, -0.2) is 0 Å². The molecule has 0 aromatic heterocycles. The Hall–Kier alpha value is -3.05. The molecule has 2 aromatic carbocycles. The molecule has 0 radical (unpaired) electrons. The molecule has 14 heteroatoms. The predicted octanol–water partition coefficient (Wildman–Crippen LogP) is -1.17. The summed E-state index contributed by atoms with van der Waals surface area (Å²) in [5.41, 5.74) is 0.529. The van der Waals surface area contributed by atoms with E-state index < -0.39 is 85.7 Å². The molecule has 14 nitrogen and oxygen atoms in total. The molecule has 3 aliphatic rings. The summed E-state index contributed by atoms with van der Waals surface area (Å²) in [5, 5.41) is 81.6. The first-order chi connectivity index (χ1) is 19.5. The van der Waals surface area contributed by atoms with Crippen LogP contribution in [0.1, 0.15) is 35.4 Å². The highest BCUT2D eigenvalue weighted by atomic mass is 16.8. The Kier molecular flexibility index (Phi) is 8.39. The first-order valence-corrected chi connectivity index (χ1v) is 13.0. The molecule has 41 heavy (non-hydrogen) atoms. The van der Waals surface area contributed by atoms with Crippen LogP contribution in [-0.2, 0) is 14.2 Å². The number of rotatable bonds is 6. The van der Waals surface area contributed by atoms with Crippen molar-refractivity contribution < 1.29 is 69.3 Å². The fourth-order valence-corrected chi connectivity index (χ4v) is 5.07. The van der Waals surface area contributed by atoms with Gasteiger partial charge in [-0.2, -0.15) is 0 Å². The number of ether oxygens (including phenoxy) is 5. The highest BCUT2D eigenvalue weighted by molar-refractivity contribution is 6.02. The number of hydrogen-bond acceptors (Lipinski definition) is 14. The number of carbonyl (C=O) groups excluding carboxylic acids is 1. The molecule has 11 atom stereocenters. The van der Waals surface area contributed by atoms with Crippen molar-refractivity contribution in [1.82, 2.24) is 0 Å². The Labute approximate surface area is 233 Å². The molecule has 0 amide bonds. The second-order valence-corrected chi connectivity index (χ2v) is 10.2. The molecular weight excluding hydrogens is 548 g/mol. The van der Waals surface area contributed by atoms with E-state index in [-0.39, 0.29) is 29.2 Å². The van der Waals surface area contributed by atoms with E-state index in [0.717, 1.165) is 6.07 Å². The summed E-state index contributed by atoms with van der Waals surface area (Å²) in [6.45, 7) is 0.716. The highest BCUT2D eigenvalue weighted by Gasteiger charge is 2.51. The molecule has 224 valence electrons. The smallest absolute Gasteiger partial charge is 0.229 e. The molecule has 2 fully saturated rings. The third-order valence-corrected chi connectivity index (χ3v) is 7.42. The van der Waals surface area contributed by atoms with Crippen molar-refractivity contribution in [1.29, 1.82) is 0 Å². The fourth-order valence-electron chi connectivity index (χ4n) is 5.07. The molecule has 2 saturated heterocycles. The lowest BCUT2D eigenvalue weighted by molar-refractivity contribution is -0.354. The summed E-state index contributed by atoms with van der Waals surface area (Å²) in [6, 6.07) is 8.50. The first-order valence-electron chi connectivity index (χ1n) is 13.0. The van der Waals surface area contributed by atoms with E-state index in [2.05, 4.69) is 0 Å². The number of aromatic hydroxyl groups is 2. The summed E-state index contributed by atoms with van der Waals surface area (Å²) in [5.74, 6) is -0.947. The molecule has 0 saturated carbocycles. The van der Waals surface area contributed by atoms with E-state index in [0.29, 0.717) is 5.56 Å². The average Bonchev–Trinajstić information content (AvgIpc) is 2.94. The maximum absolute atomic E-state index is 12.9. The molecule has 8 N–H and O–H groups in total. The summed E-state index contributed by atoms with van der Waals surface area (Å²) >= 11 is 0. The van der Waals surface area contributed by atoms with Crippen molar-refractivity contribution in [2.24, 2.45) is 0 Å². The molecule has 5 rings (SSSR count). The zero-order valence-corrected chi connectivity index (χ0v) is 21.8.